The first-order valence-electron chi connectivity index (χ1n) is 8.51. The first-order chi connectivity index (χ1) is 11.2. The topological polar surface area (TPSA) is 43.1 Å². The van der Waals surface area contributed by atoms with Gasteiger partial charge < -0.3 is 0 Å². The van der Waals surface area contributed by atoms with Crippen LogP contribution in [0.2, 0.25) is 0 Å². The quantitative estimate of drug-likeness (QED) is 0.693. The Balaban J connectivity index is 2.33. The third kappa shape index (κ3) is 2.74. The standard InChI is InChI=1S/C19H24N4/c1-5-14(6-2)17-16(7-3)22-23-18(15-11-9-8-10-12-15)20-13(4)21-19(17)23/h8-12,14H,5-7H2,1-4H3. The summed E-state index contributed by atoms with van der Waals surface area (Å²) < 4.78 is 1.94. The smallest absolute Gasteiger partial charge is 0.165 e. The van der Waals surface area contributed by atoms with Gasteiger partial charge in [-0.2, -0.15) is 9.61 Å². The van der Waals surface area contributed by atoms with Gasteiger partial charge in [-0.15, -0.1) is 0 Å². The molecule has 0 aliphatic carbocycles. The molecule has 0 aliphatic rings. The highest BCUT2D eigenvalue weighted by molar-refractivity contribution is 5.62. The van der Waals surface area contributed by atoms with Crippen LogP contribution in [-0.2, 0) is 6.42 Å². The van der Waals surface area contributed by atoms with Gasteiger partial charge in [-0.25, -0.2) is 9.97 Å². The first kappa shape index (κ1) is 15.7. The molecule has 120 valence electrons. The molecule has 0 fully saturated rings. The average Bonchev–Trinajstić information content (AvgIpc) is 2.95. The van der Waals surface area contributed by atoms with Gasteiger partial charge in [0.15, 0.2) is 11.5 Å². The van der Waals surface area contributed by atoms with Crippen LogP contribution in [0.5, 0.6) is 0 Å². The molecule has 0 saturated carbocycles. The van der Waals surface area contributed by atoms with Crippen LogP contribution in [0.15, 0.2) is 30.3 Å². The molecule has 2 heterocycles. The molecule has 0 N–H and O–H groups in total. The second-order valence-electron chi connectivity index (χ2n) is 5.92. The van der Waals surface area contributed by atoms with Gasteiger partial charge in [-0.3, -0.25) is 0 Å². The van der Waals surface area contributed by atoms with Gasteiger partial charge >= 0.3 is 0 Å². The molecule has 3 rings (SSSR count). The Morgan fingerprint density at radius 1 is 1.00 bits per heavy atom. The van der Waals surface area contributed by atoms with E-state index in [1.54, 1.807) is 0 Å². The molecule has 1 aromatic carbocycles. The van der Waals surface area contributed by atoms with Crippen molar-refractivity contribution in [2.45, 2.75) is 52.9 Å². The molecule has 0 amide bonds. The highest BCUT2D eigenvalue weighted by Crippen LogP contribution is 2.31. The summed E-state index contributed by atoms with van der Waals surface area (Å²) in [6.07, 6.45) is 3.13. The van der Waals surface area contributed by atoms with E-state index in [2.05, 4.69) is 37.9 Å². The lowest BCUT2D eigenvalue weighted by Crippen LogP contribution is -2.04. The molecule has 0 bridgehead atoms. The molecule has 2 aromatic heterocycles. The summed E-state index contributed by atoms with van der Waals surface area (Å²) in [4.78, 5) is 9.40. The molecule has 4 heteroatoms. The second-order valence-corrected chi connectivity index (χ2v) is 5.92. The molecule has 0 radical (unpaired) electrons. The molecule has 0 atom stereocenters. The summed E-state index contributed by atoms with van der Waals surface area (Å²) in [7, 11) is 0. The maximum atomic E-state index is 4.86. The second kappa shape index (κ2) is 6.49. The number of nitrogens with zero attached hydrogens (tertiary/aromatic N) is 4. The van der Waals surface area contributed by atoms with Gasteiger partial charge in [0.05, 0.1) is 5.69 Å². The van der Waals surface area contributed by atoms with E-state index in [0.717, 1.165) is 47.8 Å². The molecule has 0 unspecified atom stereocenters. The van der Waals surface area contributed by atoms with E-state index in [0.29, 0.717) is 5.92 Å². The van der Waals surface area contributed by atoms with E-state index >= 15 is 0 Å². The van der Waals surface area contributed by atoms with Crippen molar-refractivity contribution in [1.82, 2.24) is 19.6 Å². The first-order valence-corrected chi connectivity index (χ1v) is 8.51. The van der Waals surface area contributed by atoms with Gasteiger partial charge in [-0.05, 0) is 32.1 Å². The van der Waals surface area contributed by atoms with Crippen molar-refractivity contribution >= 4 is 5.65 Å². The Kier molecular flexibility index (Phi) is 4.42. The van der Waals surface area contributed by atoms with E-state index in [-0.39, 0.29) is 0 Å². The van der Waals surface area contributed by atoms with Crippen LogP contribution in [0, 0.1) is 6.92 Å². The number of aromatic nitrogens is 4. The van der Waals surface area contributed by atoms with Crippen molar-refractivity contribution in [3.63, 3.8) is 0 Å². The largest absolute Gasteiger partial charge is 0.214 e. The van der Waals surface area contributed by atoms with Crippen molar-refractivity contribution in [2.24, 2.45) is 0 Å². The minimum absolute atomic E-state index is 0.500. The number of hydrogen-bond acceptors (Lipinski definition) is 3. The van der Waals surface area contributed by atoms with Gasteiger partial charge in [-0.1, -0.05) is 51.1 Å². The fourth-order valence-corrected chi connectivity index (χ4v) is 3.25. The van der Waals surface area contributed by atoms with Gasteiger partial charge in [0, 0.05) is 11.1 Å². The summed E-state index contributed by atoms with van der Waals surface area (Å²) in [5, 5.41) is 4.86. The predicted molar refractivity (Wildman–Crippen MR) is 93.7 cm³/mol. The van der Waals surface area contributed by atoms with Crippen LogP contribution in [0.25, 0.3) is 17.0 Å². The lowest BCUT2D eigenvalue weighted by Gasteiger charge is -2.12. The molecule has 3 aromatic rings. The van der Waals surface area contributed by atoms with Crippen LogP contribution in [0.3, 0.4) is 0 Å². The van der Waals surface area contributed by atoms with Crippen LogP contribution < -0.4 is 0 Å². The minimum Gasteiger partial charge on any atom is -0.214 e. The molecule has 0 saturated heterocycles. The van der Waals surface area contributed by atoms with Crippen LogP contribution in [0.1, 0.15) is 56.6 Å². The van der Waals surface area contributed by atoms with Crippen molar-refractivity contribution < 1.29 is 0 Å². The average molecular weight is 308 g/mol. The number of benzene rings is 1. The summed E-state index contributed by atoms with van der Waals surface area (Å²) in [6.45, 7) is 8.60. The van der Waals surface area contributed by atoms with Crippen LogP contribution in [-0.4, -0.2) is 19.6 Å². The maximum absolute atomic E-state index is 4.86. The normalized spacial score (nSPS) is 11.5. The monoisotopic (exact) mass is 308 g/mol. The number of rotatable bonds is 5. The van der Waals surface area contributed by atoms with Crippen molar-refractivity contribution in [1.29, 1.82) is 0 Å². The van der Waals surface area contributed by atoms with Crippen molar-refractivity contribution in [2.75, 3.05) is 0 Å². The molecule has 4 nitrogen and oxygen atoms in total. The zero-order valence-corrected chi connectivity index (χ0v) is 14.4. The van der Waals surface area contributed by atoms with E-state index in [9.17, 15) is 0 Å². The zero-order valence-electron chi connectivity index (χ0n) is 14.4. The summed E-state index contributed by atoms with van der Waals surface area (Å²) in [5.41, 5.74) is 4.50. The lowest BCUT2D eigenvalue weighted by molar-refractivity contribution is 0.638. The molecular formula is C19H24N4. The number of hydrogen-bond donors (Lipinski definition) is 0. The maximum Gasteiger partial charge on any atom is 0.165 e. The van der Waals surface area contributed by atoms with Crippen molar-refractivity contribution in [3.8, 4) is 11.4 Å². The number of fused-ring (bicyclic) bond motifs is 1. The summed E-state index contributed by atoms with van der Waals surface area (Å²) in [5.74, 6) is 2.17. The molecule has 23 heavy (non-hydrogen) atoms. The minimum atomic E-state index is 0.500. The number of aryl methyl sites for hydroxylation is 2. The highest BCUT2D eigenvalue weighted by atomic mass is 15.3. The Morgan fingerprint density at radius 2 is 1.70 bits per heavy atom. The lowest BCUT2D eigenvalue weighted by atomic mass is 9.93. The van der Waals surface area contributed by atoms with E-state index in [4.69, 9.17) is 10.1 Å². The molecule has 0 aliphatic heterocycles. The summed E-state index contributed by atoms with van der Waals surface area (Å²) in [6, 6.07) is 10.2. The van der Waals surface area contributed by atoms with E-state index < -0.39 is 0 Å². The fourth-order valence-electron chi connectivity index (χ4n) is 3.25. The third-order valence-electron chi connectivity index (χ3n) is 4.47. The molecular weight excluding hydrogens is 284 g/mol. The Bertz CT molecular complexity index is 801. The van der Waals surface area contributed by atoms with Crippen LogP contribution in [0.4, 0.5) is 0 Å². The van der Waals surface area contributed by atoms with Gasteiger partial charge in [0.1, 0.15) is 5.82 Å². The predicted octanol–water partition coefficient (Wildman–Crippen LogP) is 4.57. The SMILES string of the molecule is CCc1nn2c(-c3ccccc3)nc(C)nc2c1C(CC)CC. The Labute approximate surface area is 137 Å². The third-order valence-corrected chi connectivity index (χ3v) is 4.47. The van der Waals surface area contributed by atoms with Crippen molar-refractivity contribution in [3.05, 3.63) is 47.4 Å². The van der Waals surface area contributed by atoms with E-state index in [1.165, 1.54) is 5.56 Å². The Morgan fingerprint density at radius 3 is 2.30 bits per heavy atom. The van der Waals surface area contributed by atoms with Crippen LogP contribution >= 0.6 is 0 Å². The zero-order chi connectivity index (χ0) is 16.4. The van der Waals surface area contributed by atoms with Gasteiger partial charge in [0.25, 0.3) is 0 Å². The van der Waals surface area contributed by atoms with Gasteiger partial charge in [0.2, 0.25) is 0 Å². The highest BCUT2D eigenvalue weighted by Gasteiger charge is 2.22. The fraction of sp³-hybridized carbons (Fsp3) is 0.421. The Hall–Kier alpha value is -2.23. The molecule has 0 spiro atoms. The summed E-state index contributed by atoms with van der Waals surface area (Å²) >= 11 is 0. The van der Waals surface area contributed by atoms with E-state index in [1.807, 2.05) is 29.6 Å².